The first-order chi connectivity index (χ1) is 11.7. The Kier molecular flexibility index (Phi) is 4.83. The van der Waals surface area contributed by atoms with Gasteiger partial charge in [0, 0.05) is 0 Å². The van der Waals surface area contributed by atoms with Crippen LogP contribution in [-0.2, 0) is 28.2 Å². The molecule has 2 aromatic rings. The summed E-state index contributed by atoms with van der Waals surface area (Å²) in [5.41, 5.74) is 8.77. The molecule has 0 amide bonds. The largest absolute Gasteiger partial charge is 0.292 e. The fourth-order valence-electron chi connectivity index (χ4n) is 3.46. The molecule has 0 N–H and O–H groups in total. The van der Waals surface area contributed by atoms with Crippen molar-refractivity contribution in [2.75, 3.05) is 6.26 Å². The van der Waals surface area contributed by atoms with Gasteiger partial charge in [0.25, 0.3) is 0 Å². The summed E-state index contributed by atoms with van der Waals surface area (Å²) in [6.07, 6.45) is 3.41. The first-order valence-electron chi connectivity index (χ1n) is 8.54. The number of fused-ring (bicyclic) bond motifs is 3. The molecule has 3 rings (SSSR count). The minimum Gasteiger partial charge on any atom is -0.292 e. The highest BCUT2D eigenvalue weighted by Gasteiger charge is 2.24. The lowest BCUT2D eigenvalue weighted by Gasteiger charge is -2.21. The topological polar surface area (TPSA) is 38.7 Å². The average Bonchev–Trinajstić information content (AvgIpc) is 2.89. The molecule has 1 unspecified atom stereocenters. The Morgan fingerprint density at radius 3 is 2.60 bits per heavy atom. The molecule has 0 radical (unpaired) electrons. The Morgan fingerprint density at radius 1 is 1.20 bits per heavy atom. The van der Waals surface area contributed by atoms with E-state index in [2.05, 4.69) is 62.3 Å². The van der Waals surface area contributed by atoms with E-state index in [-0.39, 0.29) is 5.41 Å². The van der Waals surface area contributed by atoms with Crippen LogP contribution in [-0.4, -0.2) is 16.2 Å². The summed E-state index contributed by atoms with van der Waals surface area (Å²) in [5, 5.41) is 4.02. The summed E-state index contributed by atoms with van der Waals surface area (Å²) in [6, 6.07) is 13.1. The average molecular weight is 356 g/mol. The van der Waals surface area contributed by atoms with Crippen LogP contribution < -0.4 is 0 Å². The lowest BCUT2D eigenvalue weighted by Crippen LogP contribution is -2.11. The van der Waals surface area contributed by atoms with E-state index in [1.165, 1.54) is 34.1 Å². The molecule has 0 aliphatic heterocycles. The molecule has 0 saturated carbocycles. The molecular formula is C21H25NO2S. The predicted octanol–water partition coefficient (Wildman–Crippen LogP) is 4.88. The van der Waals surface area contributed by atoms with Crippen molar-refractivity contribution < 1.29 is 8.49 Å². The van der Waals surface area contributed by atoms with E-state index < -0.39 is 11.1 Å². The van der Waals surface area contributed by atoms with Crippen LogP contribution in [0.3, 0.4) is 0 Å². The lowest BCUT2D eigenvalue weighted by atomic mass is 9.83. The van der Waals surface area contributed by atoms with Gasteiger partial charge in [0.2, 0.25) is 11.1 Å². The van der Waals surface area contributed by atoms with Gasteiger partial charge in [-0.3, -0.25) is 4.28 Å². The maximum absolute atomic E-state index is 11.2. The van der Waals surface area contributed by atoms with Crippen LogP contribution in [0, 0.1) is 5.41 Å². The molecule has 3 nitrogen and oxygen atoms in total. The SMILES string of the molecule is CC(=NOS(C)=O)c1cc2c(c(CC(C)(C)C)c1)-c1ccccc1C2. The monoisotopic (exact) mass is 355 g/mol. The van der Waals surface area contributed by atoms with E-state index in [0.717, 1.165) is 24.1 Å². The standard InChI is InChI=1S/C21H25NO2S/c1-14(22-24-25(5)23)16-11-17-10-15-8-6-7-9-19(15)20(17)18(12-16)13-21(2,3)4/h6-9,11-12H,10,13H2,1-5H3. The van der Waals surface area contributed by atoms with Crippen LogP contribution in [0.2, 0.25) is 0 Å². The Morgan fingerprint density at radius 2 is 1.92 bits per heavy atom. The number of benzene rings is 2. The highest BCUT2D eigenvalue weighted by atomic mass is 32.2. The Labute approximate surface area is 152 Å². The number of hydrogen-bond donors (Lipinski definition) is 0. The molecule has 1 aliphatic rings. The second kappa shape index (κ2) is 6.75. The van der Waals surface area contributed by atoms with E-state index in [1.54, 1.807) is 0 Å². The van der Waals surface area contributed by atoms with Gasteiger partial charge in [-0.05, 0) is 70.7 Å². The summed E-state index contributed by atoms with van der Waals surface area (Å²) in [5.74, 6) is 0. The highest BCUT2D eigenvalue weighted by molar-refractivity contribution is 7.79. The van der Waals surface area contributed by atoms with Gasteiger partial charge in [-0.15, -0.1) is 0 Å². The smallest absolute Gasteiger partial charge is 0.229 e. The van der Waals surface area contributed by atoms with Crippen molar-refractivity contribution in [3.05, 3.63) is 58.7 Å². The fourth-order valence-corrected chi connectivity index (χ4v) is 3.67. The second-order valence-corrected chi connectivity index (χ2v) is 8.85. The third-order valence-electron chi connectivity index (χ3n) is 4.39. The van der Waals surface area contributed by atoms with Gasteiger partial charge in [-0.1, -0.05) is 50.2 Å². The van der Waals surface area contributed by atoms with Gasteiger partial charge in [0.15, 0.2) is 0 Å². The molecule has 0 spiro atoms. The molecule has 0 fully saturated rings. The first kappa shape index (κ1) is 17.9. The quantitative estimate of drug-likeness (QED) is 0.494. The summed E-state index contributed by atoms with van der Waals surface area (Å²) < 4.78 is 16.1. The Bertz CT molecular complexity index is 863. The fraction of sp³-hybridized carbons (Fsp3) is 0.381. The van der Waals surface area contributed by atoms with Crippen molar-refractivity contribution >= 4 is 16.8 Å². The van der Waals surface area contributed by atoms with Crippen LogP contribution in [0.1, 0.15) is 49.9 Å². The van der Waals surface area contributed by atoms with Gasteiger partial charge >= 0.3 is 0 Å². The third kappa shape index (κ3) is 4.01. The second-order valence-electron chi connectivity index (χ2n) is 7.89. The minimum atomic E-state index is -1.40. The normalized spacial score (nSPS) is 14.8. The third-order valence-corrected chi connectivity index (χ3v) is 4.67. The van der Waals surface area contributed by atoms with Crippen molar-refractivity contribution in [1.29, 1.82) is 0 Å². The molecule has 4 heteroatoms. The molecule has 132 valence electrons. The van der Waals surface area contributed by atoms with Crippen LogP contribution in [0.5, 0.6) is 0 Å². The van der Waals surface area contributed by atoms with Crippen molar-refractivity contribution in [2.24, 2.45) is 10.6 Å². The molecule has 0 aromatic heterocycles. The van der Waals surface area contributed by atoms with E-state index in [4.69, 9.17) is 4.28 Å². The van der Waals surface area contributed by atoms with E-state index in [9.17, 15) is 4.21 Å². The van der Waals surface area contributed by atoms with E-state index in [1.807, 2.05) is 6.92 Å². The zero-order valence-corrected chi connectivity index (χ0v) is 16.4. The minimum absolute atomic E-state index is 0.191. The van der Waals surface area contributed by atoms with Gasteiger partial charge in [-0.25, -0.2) is 4.21 Å². The maximum Gasteiger partial charge on any atom is 0.229 e. The van der Waals surface area contributed by atoms with Crippen LogP contribution >= 0.6 is 0 Å². The van der Waals surface area contributed by atoms with Crippen LogP contribution in [0.15, 0.2) is 41.6 Å². The van der Waals surface area contributed by atoms with Gasteiger partial charge in [0.05, 0.1) is 12.0 Å². The van der Waals surface area contributed by atoms with E-state index >= 15 is 0 Å². The maximum atomic E-state index is 11.2. The zero-order valence-electron chi connectivity index (χ0n) is 15.6. The molecule has 25 heavy (non-hydrogen) atoms. The van der Waals surface area contributed by atoms with Crippen molar-refractivity contribution in [3.8, 4) is 11.1 Å². The Balaban J connectivity index is 2.11. The molecule has 1 atom stereocenters. The Hall–Kier alpha value is -1.94. The number of nitrogens with zero attached hydrogens (tertiary/aromatic N) is 1. The molecular weight excluding hydrogens is 330 g/mol. The predicted molar refractivity (Wildman–Crippen MR) is 105 cm³/mol. The molecule has 1 aliphatic carbocycles. The van der Waals surface area contributed by atoms with Crippen molar-refractivity contribution in [2.45, 2.75) is 40.5 Å². The number of hydrogen-bond acceptors (Lipinski definition) is 3. The summed E-state index contributed by atoms with van der Waals surface area (Å²) in [4.78, 5) is 0. The molecule has 0 bridgehead atoms. The van der Waals surface area contributed by atoms with Crippen molar-refractivity contribution in [3.63, 3.8) is 0 Å². The van der Waals surface area contributed by atoms with Crippen molar-refractivity contribution in [1.82, 2.24) is 0 Å². The highest BCUT2D eigenvalue weighted by Crippen LogP contribution is 2.41. The van der Waals surface area contributed by atoms with Crippen LogP contribution in [0.4, 0.5) is 0 Å². The summed E-state index contributed by atoms with van der Waals surface area (Å²) in [6.45, 7) is 8.68. The molecule has 0 saturated heterocycles. The van der Waals surface area contributed by atoms with E-state index in [0.29, 0.717) is 0 Å². The van der Waals surface area contributed by atoms with Gasteiger partial charge < -0.3 is 0 Å². The summed E-state index contributed by atoms with van der Waals surface area (Å²) in [7, 11) is 0. The zero-order chi connectivity index (χ0) is 18.2. The summed E-state index contributed by atoms with van der Waals surface area (Å²) >= 11 is -1.40. The van der Waals surface area contributed by atoms with Gasteiger partial charge in [0.1, 0.15) is 0 Å². The van der Waals surface area contributed by atoms with Gasteiger partial charge in [-0.2, -0.15) is 0 Å². The lowest BCUT2D eigenvalue weighted by molar-refractivity contribution is 0.377. The number of oxime groups is 1. The first-order valence-corrected chi connectivity index (χ1v) is 10.0. The number of rotatable bonds is 4. The molecule has 0 heterocycles. The molecule has 2 aromatic carbocycles. The van der Waals surface area contributed by atoms with Crippen LogP contribution in [0.25, 0.3) is 11.1 Å².